The number of likely N-dealkylation sites (tertiary alicyclic amines) is 1. The Morgan fingerprint density at radius 3 is 2.41 bits per heavy atom. The maximum atomic E-state index is 12.8. The highest BCUT2D eigenvalue weighted by Crippen LogP contribution is 2.32. The molecule has 0 aromatic heterocycles. The van der Waals surface area contributed by atoms with Gasteiger partial charge in [-0.1, -0.05) is 0 Å². The Morgan fingerprint density at radius 2 is 1.81 bits per heavy atom. The van der Waals surface area contributed by atoms with Gasteiger partial charge in [-0.15, -0.1) is 0 Å². The number of nitro benzene ring substituents is 1. The molecule has 10 heteroatoms. The highest BCUT2D eigenvalue weighted by Gasteiger charge is 2.30. The van der Waals surface area contributed by atoms with Gasteiger partial charge in [-0.25, -0.2) is 0 Å². The summed E-state index contributed by atoms with van der Waals surface area (Å²) in [7, 11) is 1.51. The van der Waals surface area contributed by atoms with Crippen molar-refractivity contribution in [1.82, 2.24) is 9.80 Å². The number of carbonyl (C=O) groups excluding carboxylic acids is 3. The van der Waals surface area contributed by atoms with E-state index in [1.54, 1.807) is 24.0 Å². The van der Waals surface area contributed by atoms with Gasteiger partial charge < -0.3 is 19.4 Å². The lowest BCUT2D eigenvalue weighted by molar-refractivity contribution is -0.384. The summed E-state index contributed by atoms with van der Waals surface area (Å²) in [4.78, 5) is 53.3. The average Bonchev–Trinajstić information content (AvgIpc) is 3.33. The lowest BCUT2D eigenvalue weighted by Gasteiger charge is -2.32. The molecule has 32 heavy (non-hydrogen) atoms. The van der Waals surface area contributed by atoms with E-state index in [2.05, 4.69) is 0 Å². The molecule has 2 fully saturated rings. The van der Waals surface area contributed by atoms with Gasteiger partial charge in [-0.3, -0.25) is 24.5 Å². The summed E-state index contributed by atoms with van der Waals surface area (Å²) in [5.41, 5.74) is 0.599. The number of hydrogen-bond donors (Lipinski definition) is 0. The first-order valence-corrected chi connectivity index (χ1v) is 11.0. The van der Waals surface area contributed by atoms with Crippen LogP contribution in [-0.2, 0) is 14.3 Å². The molecule has 0 unspecified atom stereocenters. The van der Waals surface area contributed by atoms with Crippen LogP contribution in [0.25, 0.3) is 0 Å². The Labute approximate surface area is 187 Å². The summed E-state index contributed by atoms with van der Waals surface area (Å²) in [6.07, 6.45) is 3.04. The number of ether oxygens (including phenoxy) is 1. The first-order chi connectivity index (χ1) is 15.3. The molecular formula is C22H30N4O6. The van der Waals surface area contributed by atoms with Crippen LogP contribution in [0.3, 0.4) is 0 Å². The van der Waals surface area contributed by atoms with Crippen LogP contribution >= 0.6 is 0 Å². The van der Waals surface area contributed by atoms with Gasteiger partial charge in [0, 0.05) is 44.9 Å². The number of amides is 2. The maximum Gasteiger partial charge on any atom is 0.309 e. The van der Waals surface area contributed by atoms with E-state index in [0.717, 1.165) is 25.9 Å². The summed E-state index contributed by atoms with van der Waals surface area (Å²) >= 11 is 0. The van der Waals surface area contributed by atoms with E-state index >= 15 is 0 Å². The quantitative estimate of drug-likeness (QED) is 0.358. The molecule has 0 spiro atoms. The van der Waals surface area contributed by atoms with Gasteiger partial charge in [0.2, 0.25) is 5.91 Å². The van der Waals surface area contributed by atoms with Crippen molar-refractivity contribution in [2.45, 2.75) is 32.6 Å². The molecule has 174 valence electrons. The summed E-state index contributed by atoms with van der Waals surface area (Å²) in [5.74, 6) is -1.10. The summed E-state index contributed by atoms with van der Waals surface area (Å²) in [5, 5.41) is 11.6. The van der Waals surface area contributed by atoms with E-state index in [1.807, 2.05) is 4.90 Å². The average molecular weight is 447 g/mol. The van der Waals surface area contributed by atoms with Crippen LogP contribution in [0, 0.1) is 16.0 Å². The number of hydrogen-bond acceptors (Lipinski definition) is 7. The first-order valence-electron chi connectivity index (χ1n) is 11.0. The minimum absolute atomic E-state index is 0.0986. The van der Waals surface area contributed by atoms with Crippen LogP contribution in [0.4, 0.5) is 11.4 Å². The molecule has 0 saturated carbocycles. The topological polar surface area (TPSA) is 113 Å². The molecule has 2 aliphatic rings. The van der Waals surface area contributed by atoms with Gasteiger partial charge in [0.15, 0.2) is 0 Å². The van der Waals surface area contributed by atoms with E-state index in [-0.39, 0.29) is 35.6 Å². The van der Waals surface area contributed by atoms with E-state index in [1.165, 1.54) is 18.0 Å². The van der Waals surface area contributed by atoms with Crippen molar-refractivity contribution >= 4 is 29.2 Å². The number of anilines is 1. The zero-order valence-corrected chi connectivity index (χ0v) is 18.6. The van der Waals surface area contributed by atoms with Gasteiger partial charge in [0.25, 0.3) is 11.6 Å². The highest BCUT2D eigenvalue weighted by molar-refractivity contribution is 5.97. The van der Waals surface area contributed by atoms with E-state index in [0.29, 0.717) is 38.2 Å². The smallest absolute Gasteiger partial charge is 0.309 e. The van der Waals surface area contributed by atoms with Crippen molar-refractivity contribution in [1.29, 1.82) is 0 Å². The molecule has 2 aliphatic heterocycles. The molecule has 2 heterocycles. The van der Waals surface area contributed by atoms with Crippen molar-refractivity contribution in [3.8, 4) is 0 Å². The standard InChI is InChI=1S/C22H30N4O6/c1-3-32-22(29)16-8-12-25(13-9-16)20(27)15-23(2)21(28)17-6-7-18(19(14-17)26(30)31)24-10-4-5-11-24/h6-7,14,16H,3-5,8-13,15H2,1-2H3. The maximum absolute atomic E-state index is 12.8. The lowest BCUT2D eigenvalue weighted by Crippen LogP contribution is -2.45. The number of nitrogens with zero attached hydrogens (tertiary/aromatic N) is 4. The van der Waals surface area contributed by atoms with Crippen molar-refractivity contribution in [3.05, 3.63) is 33.9 Å². The van der Waals surface area contributed by atoms with Gasteiger partial charge in [-0.05, 0) is 44.7 Å². The second-order valence-electron chi connectivity index (χ2n) is 8.22. The van der Waals surface area contributed by atoms with Crippen molar-refractivity contribution in [3.63, 3.8) is 0 Å². The van der Waals surface area contributed by atoms with Crippen LogP contribution in [0.5, 0.6) is 0 Å². The van der Waals surface area contributed by atoms with Crippen LogP contribution in [0.15, 0.2) is 18.2 Å². The second kappa shape index (κ2) is 10.4. The summed E-state index contributed by atoms with van der Waals surface area (Å²) in [6, 6.07) is 4.49. The molecule has 0 bridgehead atoms. The SMILES string of the molecule is CCOC(=O)C1CCN(C(=O)CN(C)C(=O)c2ccc(N3CCCC3)c([N+](=O)[O-])c2)CC1. The predicted octanol–water partition coefficient (Wildman–Crippen LogP) is 2.07. The van der Waals surface area contributed by atoms with Crippen LogP contribution in [0.1, 0.15) is 43.0 Å². The molecule has 1 aromatic carbocycles. The highest BCUT2D eigenvalue weighted by atomic mass is 16.6. The number of nitro groups is 1. The summed E-state index contributed by atoms with van der Waals surface area (Å²) < 4.78 is 5.04. The van der Waals surface area contributed by atoms with Crippen LogP contribution in [0.2, 0.25) is 0 Å². The Bertz CT molecular complexity index is 875. The number of benzene rings is 1. The third kappa shape index (κ3) is 5.35. The minimum Gasteiger partial charge on any atom is -0.466 e. The molecule has 1 aromatic rings. The molecule has 0 atom stereocenters. The van der Waals surface area contributed by atoms with E-state index in [4.69, 9.17) is 4.74 Å². The molecular weight excluding hydrogens is 416 g/mol. The fraction of sp³-hybridized carbons (Fsp3) is 0.591. The Kier molecular flexibility index (Phi) is 7.66. The van der Waals surface area contributed by atoms with Crippen LogP contribution < -0.4 is 4.90 Å². The summed E-state index contributed by atoms with van der Waals surface area (Å²) in [6.45, 7) is 4.34. The largest absolute Gasteiger partial charge is 0.466 e. The Morgan fingerprint density at radius 1 is 1.16 bits per heavy atom. The minimum atomic E-state index is -0.469. The number of esters is 1. The van der Waals surface area contributed by atoms with Gasteiger partial charge in [-0.2, -0.15) is 0 Å². The van der Waals surface area contributed by atoms with Crippen LogP contribution in [-0.4, -0.2) is 78.9 Å². The molecule has 2 amide bonds. The van der Waals surface area contributed by atoms with Crippen molar-refractivity contribution in [2.75, 3.05) is 51.3 Å². The first kappa shape index (κ1) is 23.5. The third-order valence-electron chi connectivity index (χ3n) is 6.05. The fourth-order valence-electron chi connectivity index (χ4n) is 4.25. The second-order valence-corrected chi connectivity index (χ2v) is 8.22. The predicted molar refractivity (Wildman–Crippen MR) is 117 cm³/mol. The van der Waals surface area contributed by atoms with E-state index in [9.17, 15) is 24.5 Å². The number of piperidine rings is 1. The third-order valence-corrected chi connectivity index (χ3v) is 6.05. The molecule has 0 N–H and O–H groups in total. The molecule has 0 radical (unpaired) electrons. The van der Waals surface area contributed by atoms with Crippen molar-refractivity contribution < 1.29 is 24.0 Å². The zero-order chi connectivity index (χ0) is 23.3. The molecule has 0 aliphatic carbocycles. The van der Waals surface area contributed by atoms with Gasteiger partial charge in [0.05, 0.1) is 24.0 Å². The van der Waals surface area contributed by atoms with Crippen molar-refractivity contribution in [2.24, 2.45) is 5.92 Å². The van der Waals surface area contributed by atoms with Gasteiger partial charge >= 0.3 is 5.97 Å². The van der Waals surface area contributed by atoms with E-state index < -0.39 is 10.8 Å². The Balaban J connectivity index is 1.60. The molecule has 3 rings (SSSR count). The normalized spacial score (nSPS) is 16.7. The number of carbonyl (C=O) groups is 3. The molecule has 10 nitrogen and oxygen atoms in total. The number of likely N-dealkylation sites (N-methyl/N-ethyl adjacent to an activating group) is 1. The fourth-order valence-corrected chi connectivity index (χ4v) is 4.25. The Hall–Kier alpha value is -3.17. The van der Waals surface area contributed by atoms with Gasteiger partial charge in [0.1, 0.15) is 5.69 Å². The lowest BCUT2D eigenvalue weighted by atomic mass is 9.97. The molecule has 2 saturated heterocycles. The zero-order valence-electron chi connectivity index (χ0n) is 18.6. The number of rotatable bonds is 7. The monoisotopic (exact) mass is 446 g/mol.